The summed E-state index contributed by atoms with van der Waals surface area (Å²) >= 11 is 0. The molecule has 35 heavy (non-hydrogen) atoms. The Bertz CT molecular complexity index is 1470. The minimum Gasteiger partial charge on any atom is -0.452 e. The highest BCUT2D eigenvalue weighted by molar-refractivity contribution is 6.06. The molecule has 0 fully saturated rings. The van der Waals surface area contributed by atoms with Crippen LogP contribution < -0.4 is 0 Å². The summed E-state index contributed by atoms with van der Waals surface area (Å²) in [7, 11) is 0. The lowest BCUT2D eigenvalue weighted by atomic mass is 9.95. The van der Waals surface area contributed by atoms with E-state index in [9.17, 15) is 9.59 Å². The number of fused-ring (bicyclic) bond motifs is 5. The predicted molar refractivity (Wildman–Crippen MR) is 136 cm³/mol. The molecule has 6 rings (SSSR count). The number of carbonyl (C=O) groups is 2. The molecule has 4 aromatic rings. The van der Waals surface area contributed by atoms with Crippen LogP contribution in [-0.2, 0) is 30.5 Å². The number of hydrogen-bond acceptors (Lipinski definition) is 5. The molecule has 2 aromatic carbocycles. The smallest absolute Gasteiger partial charge is 0.339 e. The Morgan fingerprint density at radius 3 is 2.57 bits per heavy atom. The fraction of sp³-hybridized carbons (Fsp3) is 0.345. The number of carbonyl (C=O) groups excluding carboxylic acids is 2. The number of aromatic nitrogens is 2. The first-order chi connectivity index (χ1) is 17.2. The molecule has 6 nitrogen and oxygen atoms in total. The standard InChI is InChI=1S/C29H29N3O3/c1-2-31-16-15-24-22(17-31)28(21-11-3-6-12-23(21)30-24)29(34)35-18-27(33)32-25-13-7-4-9-19(25)20-10-5-8-14-26(20)32/h3-4,6-7,9,11-13H,2,5,8,10,14-18H2,1H3. The van der Waals surface area contributed by atoms with Gasteiger partial charge in [-0.25, -0.2) is 4.79 Å². The van der Waals surface area contributed by atoms with Gasteiger partial charge in [0.15, 0.2) is 6.61 Å². The van der Waals surface area contributed by atoms with E-state index in [0.29, 0.717) is 12.1 Å². The number of hydrogen-bond donors (Lipinski definition) is 0. The molecule has 0 spiro atoms. The third kappa shape index (κ3) is 3.73. The summed E-state index contributed by atoms with van der Waals surface area (Å²) in [5.41, 5.74) is 6.47. The molecule has 0 saturated heterocycles. The van der Waals surface area contributed by atoms with Crippen molar-refractivity contribution in [2.75, 3.05) is 19.7 Å². The zero-order valence-corrected chi connectivity index (χ0v) is 20.0. The second-order valence-electron chi connectivity index (χ2n) is 9.50. The molecule has 0 amide bonds. The van der Waals surface area contributed by atoms with Crippen molar-refractivity contribution in [2.45, 2.75) is 45.6 Å². The summed E-state index contributed by atoms with van der Waals surface area (Å²) in [5, 5.41) is 1.92. The normalized spacial score (nSPS) is 15.7. The summed E-state index contributed by atoms with van der Waals surface area (Å²) < 4.78 is 7.53. The molecule has 1 aliphatic heterocycles. The van der Waals surface area contributed by atoms with Crippen molar-refractivity contribution in [2.24, 2.45) is 0 Å². The Labute approximate surface area is 204 Å². The first-order valence-electron chi connectivity index (χ1n) is 12.6. The van der Waals surface area contributed by atoms with Gasteiger partial charge in [0, 0.05) is 47.2 Å². The van der Waals surface area contributed by atoms with Crippen LogP contribution in [0.25, 0.3) is 21.8 Å². The average Bonchev–Trinajstić information content (AvgIpc) is 3.24. The van der Waals surface area contributed by atoms with Crippen molar-refractivity contribution in [3.8, 4) is 0 Å². The quantitative estimate of drug-likeness (QED) is 0.398. The van der Waals surface area contributed by atoms with E-state index in [2.05, 4.69) is 17.9 Å². The molecule has 2 aromatic heterocycles. The highest BCUT2D eigenvalue weighted by Crippen LogP contribution is 2.32. The topological polar surface area (TPSA) is 64.4 Å². The molecule has 0 radical (unpaired) electrons. The van der Waals surface area contributed by atoms with Crippen LogP contribution in [-0.4, -0.2) is 46.0 Å². The maximum Gasteiger partial charge on any atom is 0.339 e. The van der Waals surface area contributed by atoms with Crippen LogP contribution >= 0.6 is 0 Å². The van der Waals surface area contributed by atoms with E-state index in [4.69, 9.17) is 9.72 Å². The molecule has 0 atom stereocenters. The van der Waals surface area contributed by atoms with Crippen LogP contribution in [0.1, 0.15) is 57.4 Å². The van der Waals surface area contributed by atoms with Gasteiger partial charge < -0.3 is 4.74 Å². The minimum atomic E-state index is -0.448. The van der Waals surface area contributed by atoms with Gasteiger partial charge in [-0.15, -0.1) is 0 Å². The van der Waals surface area contributed by atoms with E-state index in [-0.39, 0.29) is 12.5 Å². The first-order valence-corrected chi connectivity index (χ1v) is 12.6. The Morgan fingerprint density at radius 2 is 1.71 bits per heavy atom. The van der Waals surface area contributed by atoms with E-state index in [0.717, 1.165) is 84.0 Å². The van der Waals surface area contributed by atoms with E-state index in [1.807, 2.05) is 42.5 Å². The third-order valence-electron chi connectivity index (χ3n) is 7.53. The van der Waals surface area contributed by atoms with E-state index in [1.165, 1.54) is 5.56 Å². The number of rotatable bonds is 4. The number of esters is 1. The zero-order chi connectivity index (χ0) is 23.9. The summed E-state index contributed by atoms with van der Waals surface area (Å²) in [5.74, 6) is -0.642. The molecule has 0 unspecified atom stereocenters. The van der Waals surface area contributed by atoms with Gasteiger partial charge in [-0.1, -0.05) is 43.3 Å². The summed E-state index contributed by atoms with van der Waals surface area (Å²) in [6.07, 6.45) is 4.87. The van der Waals surface area contributed by atoms with Crippen LogP contribution in [0.3, 0.4) is 0 Å². The van der Waals surface area contributed by atoms with Crippen LogP contribution in [0.5, 0.6) is 0 Å². The van der Waals surface area contributed by atoms with Crippen molar-refractivity contribution < 1.29 is 14.3 Å². The monoisotopic (exact) mass is 467 g/mol. The number of pyridine rings is 1. The number of aryl methyl sites for hydroxylation is 1. The van der Waals surface area contributed by atoms with Gasteiger partial charge in [-0.2, -0.15) is 0 Å². The maximum atomic E-state index is 13.5. The van der Waals surface area contributed by atoms with Crippen molar-refractivity contribution >= 4 is 33.7 Å². The number of likely N-dealkylation sites (N-methyl/N-ethyl adjacent to an activating group) is 1. The molecular weight excluding hydrogens is 438 g/mol. The number of benzene rings is 2. The van der Waals surface area contributed by atoms with Crippen molar-refractivity contribution in [3.05, 3.63) is 76.6 Å². The Morgan fingerprint density at radius 1 is 0.943 bits per heavy atom. The zero-order valence-electron chi connectivity index (χ0n) is 20.0. The van der Waals surface area contributed by atoms with E-state index in [1.54, 1.807) is 4.57 Å². The summed E-state index contributed by atoms with van der Waals surface area (Å²) in [6, 6.07) is 15.7. The van der Waals surface area contributed by atoms with Crippen LogP contribution in [0, 0.1) is 0 Å². The highest BCUT2D eigenvalue weighted by atomic mass is 16.5. The van der Waals surface area contributed by atoms with Gasteiger partial charge in [0.1, 0.15) is 0 Å². The lowest BCUT2D eigenvalue weighted by molar-refractivity contribution is 0.0448. The minimum absolute atomic E-state index is 0.194. The number of nitrogens with zero attached hydrogens (tertiary/aromatic N) is 3. The average molecular weight is 468 g/mol. The summed E-state index contributed by atoms with van der Waals surface area (Å²) in [4.78, 5) is 34.1. The fourth-order valence-corrected chi connectivity index (χ4v) is 5.79. The number of ether oxygens (including phenoxy) is 1. The maximum absolute atomic E-state index is 13.5. The van der Waals surface area contributed by atoms with Crippen LogP contribution in [0.2, 0.25) is 0 Å². The van der Waals surface area contributed by atoms with Gasteiger partial charge in [0.05, 0.1) is 16.6 Å². The van der Waals surface area contributed by atoms with Gasteiger partial charge in [-0.3, -0.25) is 19.2 Å². The Hall–Kier alpha value is -3.51. The first kappa shape index (κ1) is 22.0. The second-order valence-corrected chi connectivity index (χ2v) is 9.50. The Balaban J connectivity index is 1.34. The lowest BCUT2D eigenvalue weighted by Gasteiger charge is -2.28. The highest BCUT2D eigenvalue weighted by Gasteiger charge is 2.28. The Kier molecular flexibility index (Phi) is 5.61. The molecule has 0 saturated carbocycles. The van der Waals surface area contributed by atoms with Gasteiger partial charge in [-0.05, 0) is 49.9 Å². The van der Waals surface area contributed by atoms with Crippen molar-refractivity contribution in [1.29, 1.82) is 0 Å². The molecule has 6 heteroatoms. The van der Waals surface area contributed by atoms with E-state index >= 15 is 0 Å². The molecule has 2 aliphatic rings. The SMILES string of the molecule is CCN1CCc2nc3ccccc3c(C(=O)OCC(=O)n3c4c(c5ccccc53)CCCC4)c2C1. The largest absolute Gasteiger partial charge is 0.452 e. The second kappa shape index (κ2) is 8.93. The molecule has 0 N–H and O–H groups in total. The van der Waals surface area contributed by atoms with Gasteiger partial charge in [0.25, 0.3) is 5.91 Å². The van der Waals surface area contributed by atoms with E-state index < -0.39 is 5.97 Å². The number of para-hydroxylation sites is 2. The van der Waals surface area contributed by atoms with Crippen LogP contribution in [0.15, 0.2) is 48.5 Å². The molecular formula is C29H29N3O3. The molecule has 0 bridgehead atoms. The van der Waals surface area contributed by atoms with Gasteiger partial charge in [0.2, 0.25) is 0 Å². The third-order valence-corrected chi connectivity index (χ3v) is 7.53. The van der Waals surface area contributed by atoms with Crippen molar-refractivity contribution in [1.82, 2.24) is 14.5 Å². The fourth-order valence-electron chi connectivity index (χ4n) is 5.79. The molecule has 178 valence electrons. The van der Waals surface area contributed by atoms with Crippen molar-refractivity contribution in [3.63, 3.8) is 0 Å². The molecule has 1 aliphatic carbocycles. The predicted octanol–water partition coefficient (Wildman–Crippen LogP) is 4.94. The van der Waals surface area contributed by atoms with Crippen LogP contribution in [0.4, 0.5) is 0 Å². The lowest BCUT2D eigenvalue weighted by Crippen LogP contribution is -2.32. The van der Waals surface area contributed by atoms with Gasteiger partial charge >= 0.3 is 5.97 Å². The molecule has 3 heterocycles. The summed E-state index contributed by atoms with van der Waals surface area (Å²) in [6.45, 7) is 4.33.